The zero-order valence-electron chi connectivity index (χ0n) is 18.2. The fourth-order valence-corrected chi connectivity index (χ4v) is 4.09. The van der Waals surface area contributed by atoms with Gasteiger partial charge in [0.2, 0.25) is 0 Å². The number of aliphatic hydroxyl groups excluding tert-OH is 1. The Balaban J connectivity index is 1.42. The van der Waals surface area contributed by atoms with E-state index in [1.54, 1.807) is 37.5 Å². The average Bonchev–Trinajstić information content (AvgIpc) is 3.54. The summed E-state index contributed by atoms with van der Waals surface area (Å²) in [7, 11) is 0. The number of ketones is 1. The van der Waals surface area contributed by atoms with E-state index in [1.165, 1.54) is 23.5 Å². The molecule has 2 atom stereocenters. The van der Waals surface area contributed by atoms with Crippen LogP contribution in [0.5, 0.6) is 5.75 Å². The fourth-order valence-electron chi connectivity index (χ4n) is 3.20. The van der Waals surface area contributed by atoms with Crippen LogP contribution >= 0.6 is 11.3 Å². The minimum atomic E-state index is -0.664. The number of aromatic nitrogens is 2. The zero-order valence-corrected chi connectivity index (χ0v) is 19.1. The van der Waals surface area contributed by atoms with Crippen LogP contribution < -0.4 is 10.1 Å². The summed E-state index contributed by atoms with van der Waals surface area (Å²) in [4.78, 5) is 33.6. The first-order valence-corrected chi connectivity index (χ1v) is 11.5. The number of nitrogens with one attached hydrogen (secondary N) is 1. The van der Waals surface area contributed by atoms with Crippen LogP contribution in [0.25, 0.3) is 10.6 Å². The number of ether oxygens (including phenoxy) is 1. The minimum Gasteiger partial charge on any atom is -0.484 e. The molecule has 0 radical (unpaired) electrons. The number of hydrogen-bond donors (Lipinski definition) is 2. The Labute approximate surface area is 194 Å². The highest BCUT2D eigenvalue weighted by molar-refractivity contribution is 7.15. The Morgan fingerprint density at radius 1 is 1.21 bits per heavy atom. The van der Waals surface area contributed by atoms with Gasteiger partial charge in [0.1, 0.15) is 28.4 Å². The molecule has 1 aromatic carbocycles. The third-order valence-electron chi connectivity index (χ3n) is 5.29. The summed E-state index contributed by atoms with van der Waals surface area (Å²) in [5.74, 6) is -0.496. The first-order chi connectivity index (χ1) is 15.9. The van der Waals surface area contributed by atoms with Crippen molar-refractivity contribution in [2.24, 2.45) is 5.92 Å². The molecule has 2 N–H and O–H groups in total. The number of pyridine rings is 1. The number of aliphatic hydroxyl groups is 1. The standard InChI is InChI=1S/C24H24FN3O4S/c1-13(12-29)28-23(31)18-7-5-16(9-19(18)25)24-27-11-21(33-24)14(2)32-17-6-8-20(26-10-17)22(30)15-3-4-15/h5-11,13-15,29H,3-4,12H2,1-2H3,(H,28,31)/t13-,14?/m1/s1. The van der Waals surface area contributed by atoms with Gasteiger partial charge in [-0.2, -0.15) is 0 Å². The summed E-state index contributed by atoms with van der Waals surface area (Å²) < 4.78 is 20.5. The van der Waals surface area contributed by atoms with Crippen molar-refractivity contribution in [1.82, 2.24) is 15.3 Å². The number of carbonyl (C=O) groups is 2. The first-order valence-electron chi connectivity index (χ1n) is 10.7. The topological polar surface area (TPSA) is 101 Å². The highest BCUT2D eigenvalue weighted by atomic mass is 32.1. The van der Waals surface area contributed by atoms with Gasteiger partial charge >= 0.3 is 0 Å². The summed E-state index contributed by atoms with van der Waals surface area (Å²) in [6.07, 6.45) is 4.77. The van der Waals surface area contributed by atoms with Gasteiger partial charge in [-0.25, -0.2) is 14.4 Å². The van der Waals surface area contributed by atoms with Gasteiger partial charge in [0.05, 0.1) is 23.2 Å². The SMILES string of the molecule is CC(Oc1ccc(C(=O)C2CC2)nc1)c1cnc(-c2ccc(C(=O)N[C@H](C)CO)c(F)c2)s1. The van der Waals surface area contributed by atoms with Gasteiger partial charge in [-0.05, 0) is 51.0 Å². The van der Waals surface area contributed by atoms with E-state index in [2.05, 4.69) is 15.3 Å². The number of amides is 1. The van der Waals surface area contributed by atoms with E-state index in [9.17, 15) is 14.0 Å². The Morgan fingerprint density at radius 3 is 2.64 bits per heavy atom. The molecular weight excluding hydrogens is 445 g/mol. The molecule has 2 heterocycles. The number of thiazole rings is 1. The summed E-state index contributed by atoms with van der Waals surface area (Å²) in [5.41, 5.74) is 0.915. The van der Waals surface area contributed by atoms with E-state index >= 15 is 0 Å². The van der Waals surface area contributed by atoms with Gasteiger partial charge in [0, 0.05) is 23.7 Å². The maximum atomic E-state index is 14.5. The predicted molar refractivity (Wildman–Crippen MR) is 122 cm³/mol. The average molecular weight is 470 g/mol. The predicted octanol–water partition coefficient (Wildman–Crippen LogP) is 4.19. The number of benzene rings is 1. The Kier molecular flexibility index (Phi) is 6.80. The number of carbonyl (C=O) groups excluding carboxylic acids is 2. The molecular formula is C24H24FN3O4S. The highest BCUT2D eigenvalue weighted by Gasteiger charge is 2.31. The molecule has 172 valence electrons. The van der Waals surface area contributed by atoms with Crippen LogP contribution in [0.2, 0.25) is 0 Å². The minimum absolute atomic E-state index is 0.0836. The maximum Gasteiger partial charge on any atom is 0.254 e. The molecule has 9 heteroatoms. The summed E-state index contributed by atoms with van der Waals surface area (Å²) in [6.45, 7) is 3.27. The third-order valence-corrected chi connectivity index (χ3v) is 6.49. The van der Waals surface area contributed by atoms with Gasteiger partial charge in [-0.15, -0.1) is 11.3 Å². The lowest BCUT2D eigenvalue weighted by Gasteiger charge is -2.12. The molecule has 4 rings (SSSR count). The monoisotopic (exact) mass is 469 g/mol. The summed E-state index contributed by atoms with van der Waals surface area (Å²) >= 11 is 1.36. The molecule has 0 bridgehead atoms. The van der Waals surface area contributed by atoms with Crippen molar-refractivity contribution in [3.8, 4) is 16.3 Å². The van der Waals surface area contributed by atoms with Crippen LogP contribution in [0, 0.1) is 11.7 Å². The van der Waals surface area contributed by atoms with Gasteiger partial charge < -0.3 is 15.2 Å². The lowest BCUT2D eigenvalue weighted by Crippen LogP contribution is -2.35. The molecule has 3 aromatic rings. The second kappa shape index (κ2) is 9.76. The normalized spacial score (nSPS) is 15.0. The van der Waals surface area contributed by atoms with Crippen LogP contribution in [-0.2, 0) is 0 Å². The van der Waals surface area contributed by atoms with Crippen LogP contribution in [0.3, 0.4) is 0 Å². The van der Waals surface area contributed by atoms with Crippen molar-refractivity contribution >= 4 is 23.0 Å². The van der Waals surface area contributed by atoms with Crippen molar-refractivity contribution in [1.29, 1.82) is 0 Å². The molecule has 1 saturated carbocycles. The Morgan fingerprint density at radius 2 is 2.00 bits per heavy atom. The molecule has 1 aliphatic carbocycles. The lowest BCUT2D eigenvalue weighted by atomic mass is 10.1. The second-order valence-electron chi connectivity index (χ2n) is 8.10. The summed E-state index contributed by atoms with van der Waals surface area (Å²) in [6, 6.07) is 7.26. The van der Waals surface area contributed by atoms with E-state index in [-0.39, 0.29) is 30.0 Å². The van der Waals surface area contributed by atoms with Crippen LogP contribution in [0.1, 0.15) is 58.5 Å². The molecule has 7 nitrogen and oxygen atoms in total. The number of halogens is 1. The van der Waals surface area contributed by atoms with Crippen molar-refractivity contribution in [3.05, 3.63) is 64.7 Å². The zero-order chi connectivity index (χ0) is 23.5. The number of rotatable bonds is 9. The van der Waals surface area contributed by atoms with E-state index in [4.69, 9.17) is 9.84 Å². The molecule has 1 fully saturated rings. The van der Waals surface area contributed by atoms with Crippen LogP contribution in [0.15, 0.2) is 42.7 Å². The van der Waals surface area contributed by atoms with E-state index in [1.807, 2.05) is 6.92 Å². The van der Waals surface area contributed by atoms with Gasteiger partial charge in [-0.3, -0.25) is 9.59 Å². The Bertz CT molecular complexity index is 1160. The molecule has 1 aliphatic rings. The van der Waals surface area contributed by atoms with Gasteiger partial charge in [0.15, 0.2) is 5.78 Å². The number of nitrogens with zero attached hydrogens (tertiary/aromatic N) is 2. The van der Waals surface area contributed by atoms with Crippen LogP contribution in [0.4, 0.5) is 4.39 Å². The largest absolute Gasteiger partial charge is 0.484 e. The molecule has 1 amide bonds. The highest BCUT2D eigenvalue weighted by Crippen LogP contribution is 2.33. The van der Waals surface area contributed by atoms with E-state index < -0.39 is 17.8 Å². The quantitative estimate of drug-likeness (QED) is 0.456. The molecule has 2 aromatic heterocycles. The first kappa shape index (κ1) is 23.0. The van der Waals surface area contributed by atoms with Crippen molar-refractivity contribution < 1.29 is 23.8 Å². The van der Waals surface area contributed by atoms with Gasteiger partial charge in [-0.1, -0.05) is 6.07 Å². The van der Waals surface area contributed by atoms with Crippen molar-refractivity contribution in [3.63, 3.8) is 0 Å². The number of hydrogen-bond acceptors (Lipinski definition) is 7. The fraction of sp³-hybridized carbons (Fsp3) is 0.333. The lowest BCUT2D eigenvalue weighted by molar-refractivity contribution is 0.0917. The van der Waals surface area contributed by atoms with Crippen molar-refractivity contribution in [2.45, 2.75) is 38.8 Å². The van der Waals surface area contributed by atoms with Crippen molar-refractivity contribution in [2.75, 3.05) is 6.61 Å². The van der Waals surface area contributed by atoms with E-state index in [0.29, 0.717) is 22.0 Å². The third kappa shape index (κ3) is 5.43. The molecule has 33 heavy (non-hydrogen) atoms. The second-order valence-corrected chi connectivity index (χ2v) is 9.16. The smallest absolute Gasteiger partial charge is 0.254 e. The summed E-state index contributed by atoms with van der Waals surface area (Å²) in [5, 5.41) is 12.2. The number of Topliss-reactive ketones (excluding diaryl/α,β-unsaturated/α-hetero) is 1. The maximum absolute atomic E-state index is 14.5. The molecule has 0 aliphatic heterocycles. The molecule has 0 saturated heterocycles. The van der Waals surface area contributed by atoms with Crippen LogP contribution in [-0.4, -0.2) is 39.4 Å². The van der Waals surface area contributed by atoms with Gasteiger partial charge in [0.25, 0.3) is 5.91 Å². The molecule has 1 unspecified atom stereocenters. The Hall–Kier alpha value is -3.17. The molecule has 0 spiro atoms. The van der Waals surface area contributed by atoms with E-state index in [0.717, 1.165) is 17.7 Å².